The summed E-state index contributed by atoms with van der Waals surface area (Å²) in [6, 6.07) is -0.627. The Labute approximate surface area is 150 Å². The molecule has 2 atom stereocenters. The zero-order valence-corrected chi connectivity index (χ0v) is 15.8. The van der Waals surface area contributed by atoms with E-state index in [9.17, 15) is 9.59 Å². The lowest BCUT2D eigenvalue weighted by molar-refractivity contribution is -0.136. The van der Waals surface area contributed by atoms with E-state index in [1.54, 1.807) is 13.1 Å². The van der Waals surface area contributed by atoms with E-state index in [1.165, 1.54) is 0 Å². The highest BCUT2D eigenvalue weighted by atomic mass is 16.2. The highest BCUT2D eigenvalue weighted by molar-refractivity contribution is 5.86. The second-order valence-electron chi connectivity index (χ2n) is 7.31. The Morgan fingerprint density at radius 2 is 2.08 bits per heavy atom. The minimum atomic E-state index is -0.532. The molecule has 2 N–H and O–H groups in total. The molecule has 2 rings (SSSR count). The highest BCUT2D eigenvalue weighted by Crippen LogP contribution is 2.17. The Kier molecular flexibility index (Phi) is 6.84. The van der Waals surface area contributed by atoms with Gasteiger partial charge in [0.1, 0.15) is 11.9 Å². The van der Waals surface area contributed by atoms with Crippen LogP contribution in [0.5, 0.6) is 0 Å². The second-order valence-corrected chi connectivity index (χ2v) is 7.31. The fraction of sp³-hybridized carbons (Fsp3) is 0.722. The molecule has 25 heavy (non-hydrogen) atoms. The number of imidazole rings is 1. The zero-order chi connectivity index (χ0) is 18.4. The van der Waals surface area contributed by atoms with E-state index in [0.717, 1.165) is 38.2 Å². The summed E-state index contributed by atoms with van der Waals surface area (Å²) in [6.45, 7) is 10.1. The van der Waals surface area contributed by atoms with E-state index in [4.69, 9.17) is 0 Å². The average molecular weight is 349 g/mol. The number of hydrogen-bond donors (Lipinski definition) is 2. The Bertz CT molecular complexity index is 584. The molecule has 1 aliphatic rings. The first kappa shape index (κ1) is 19.3. The monoisotopic (exact) mass is 349 g/mol. The van der Waals surface area contributed by atoms with Crippen molar-refractivity contribution < 1.29 is 9.59 Å². The van der Waals surface area contributed by atoms with Crippen LogP contribution in [-0.2, 0) is 17.9 Å². The molecule has 3 amide bonds. The van der Waals surface area contributed by atoms with Crippen molar-refractivity contribution in [2.75, 3.05) is 6.54 Å². The van der Waals surface area contributed by atoms with Crippen molar-refractivity contribution in [2.24, 2.45) is 5.92 Å². The summed E-state index contributed by atoms with van der Waals surface area (Å²) in [6.07, 6.45) is 6.88. The molecule has 1 saturated heterocycles. The number of likely N-dealkylation sites (tertiary alicyclic amines) is 1. The molecule has 0 saturated carbocycles. The van der Waals surface area contributed by atoms with Gasteiger partial charge < -0.3 is 20.1 Å². The van der Waals surface area contributed by atoms with E-state index in [-0.39, 0.29) is 18.0 Å². The van der Waals surface area contributed by atoms with Crippen LogP contribution in [0.3, 0.4) is 0 Å². The van der Waals surface area contributed by atoms with Crippen LogP contribution in [0.4, 0.5) is 4.79 Å². The van der Waals surface area contributed by atoms with Gasteiger partial charge in [0.2, 0.25) is 5.91 Å². The number of amides is 3. The van der Waals surface area contributed by atoms with Crippen LogP contribution in [0.25, 0.3) is 0 Å². The maximum absolute atomic E-state index is 12.5. The Hall–Kier alpha value is -2.05. The lowest BCUT2D eigenvalue weighted by Crippen LogP contribution is -2.53. The predicted octanol–water partition coefficient (Wildman–Crippen LogP) is 2.13. The van der Waals surface area contributed by atoms with Crippen LogP contribution in [0.1, 0.15) is 52.8 Å². The molecule has 0 spiro atoms. The van der Waals surface area contributed by atoms with Crippen molar-refractivity contribution in [3.05, 3.63) is 18.2 Å². The van der Waals surface area contributed by atoms with Gasteiger partial charge in [-0.3, -0.25) is 4.79 Å². The number of carbonyl (C=O) groups is 2. The van der Waals surface area contributed by atoms with Crippen molar-refractivity contribution in [3.8, 4) is 0 Å². The molecule has 0 unspecified atom stereocenters. The maximum Gasteiger partial charge on any atom is 0.315 e. The summed E-state index contributed by atoms with van der Waals surface area (Å²) in [5.74, 6) is 1.31. The molecule has 140 valence electrons. The molecular weight excluding hydrogens is 318 g/mol. The summed E-state index contributed by atoms with van der Waals surface area (Å²) in [5, 5.41) is 5.54. The fourth-order valence-corrected chi connectivity index (χ4v) is 3.21. The predicted molar refractivity (Wildman–Crippen MR) is 96.9 cm³/mol. The van der Waals surface area contributed by atoms with Crippen LogP contribution >= 0.6 is 0 Å². The van der Waals surface area contributed by atoms with E-state index in [2.05, 4.69) is 36.4 Å². The Morgan fingerprint density at radius 3 is 2.76 bits per heavy atom. The smallest absolute Gasteiger partial charge is 0.315 e. The molecule has 7 nitrogen and oxygen atoms in total. The molecular formula is C18H31N5O2. The van der Waals surface area contributed by atoms with Gasteiger partial charge in [-0.2, -0.15) is 0 Å². The molecule has 0 radical (unpaired) electrons. The van der Waals surface area contributed by atoms with Gasteiger partial charge in [0.15, 0.2) is 0 Å². The number of nitrogens with one attached hydrogen (secondary N) is 2. The second kappa shape index (κ2) is 8.87. The van der Waals surface area contributed by atoms with E-state index < -0.39 is 6.04 Å². The van der Waals surface area contributed by atoms with Crippen molar-refractivity contribution in [1.29, 1.82) is 0 Å². The summed E-state index contributed by atoms with van der Waals surface area (Å²) in [7, 11) is 0. The average Bonchev–Trinajstić information content (AvgIpc) is 2.99. The van der Waals surface area contributed by atoms with Gasteiger partial charge in [-0.15, -0.1) is 0 Å². The Balaban J connectivity index is 1.81. The topological polar surface area (TPSA) is 79.3 Å². The van der Waals surface area contributed by atoms with Crippen molar-refractivity contribution >= 4 is 11.9 Å². The van der Waals surface area contributed by atoms with Crippen LogP contribution in [0, 0.1) is 5.92 Å². The number of carbonyl (C=O) groups excluding carboxylic acids is 2. The van der Waals surface area contributed by atoms with E-state index in [1.807, 2.05) is 15.7 Å². The third-order valence-corrected chi connectivity index (χ3v) is 4.57. The first-order valence-electron chi connectivity index (χ1n) is 9.23. The minimum absolute atomic E-state index is 0.0105. The van der Waals surface area contributed by atoms with Gasteiger partial charge >= 0.3 is 6.03 Å². The van der Waals surface area contributed by atoms with Gasteiger partial charge in [-0.1, -0.05) is 13.8 Å². The number of piperidine rings is 1. The summed E-state index contributed by atoms with van der Waals surface area (Å²) < 4.78 is 2.04. The molecule has 1 aromatic rings. The highest BCUT2D eigenvalue weighted by Gasteiger charge is 2.27. The number of aromatic nitrogens is 2. The molecule has 0 aliphatic carbocycles. The normalized spacial score (nSPS) is 18.9. The van der Waals surface area contributed by atoms with Crippen LogP contribution in [0.2, 0.25) is 0 Å². The maximum atomic E-state index is 12.5. The summed E-state index contributed by atoms with van der Waals surface area (Å²) >= 11 is 0. The quantitative estimate of drug-likeness (QED) is 0.826. The number of nitrogens with zero attached hydrogens (tertiary/aromatic N) is 3. The van der Waals surface area contributed by atoms with Crippen LogP contribution in [0.15, 0.2) is 12.4 Å². The summed E-state index contributed by atoms with van der Waals surface area (Å²) in [4.78, 5) is 30.8. The van der Waals surface area contributed by atoms with Crippen LogP contribution in [-0.4, -0.2) is 45.0 Å². The van der Waals surface area contributed by atoms with Crippen LogP contribution < -0.4 is 10.6 Å². The van der Waals surface area contributed by atoms with Gasteiger partial charge in [0.05, 0.1) is 6.54 Å². The lowest BCUT2D eigenvalue weighted by atomic mass is 10.0. The third-order valence-electron chi connectivity index (χ3n) is 4.57. The summed E-state index contributed by atoms with van der Waals surface area (Å²) in [5.41, 5.74) is 0. The number of rotatable bonds is 6. The number of urea groups is 1. The SMILES string of the molecule is CC(C)Cn1ccnc1CNC(=O)N[C@@H](C)C(=O)N1CCCC[C@@H]1C. The van der Waals surface area contributed by atoms with E-state index >= 15 is 0 Å². The van der Waals surface area contributed by atoms with Crippen molar-refractivity contribution in [1.82, 2.24) is 25.1 Å². The molecule has 7 heteroatoms. The fourth-order valence-electron chi connectivity index (χ4n) is 3.21. The third kappa shape index (κ3) is 5.47. The van der Waals surface area contributed by atoms with E-state index in [0.29, 0.717) is 12.5 Å². The van der Waals surface area contributed by atoms with Crippen molar-refractivity contribution in [3.63, 3.8) is 0 Å². The molecule has 2 heterocycles. The first-order chi connectivity index (χ1) is 11.9. The van der Waals surface area contributed by atoms with Gasteiger partial charge in [0, 0.05) is 31.5 Å². The largest absolute Gasteiger partial charge is 0.338 e. The number of hydrogen-bond acceptors (Lipinski definition) is 3. The molecule has 1 fully saturated rings. The first-order valence-corrected chi connectivity index (χ1v) is 9.23. The minimum Gasteiger partial charge on any atom is -0.338 e. The van der Waals surface area contributed by atoms with Gasteiger partial charge in [-0.25, -0.2) is 9.78 Å². The lowest BCUT2D eigenvalue weighted by Gasteiger charge is -2.35. The molecule has 0 bridgehead atoms. The molecule has 1 aromatic heterocycles. The molecule has 1 aliphatic heterocycles. The van der Waals surface area contributed by atoms with Crippen molar-refractivity contribution in [2.45, 2.75) is 72.1 Å². The molecule has 0 aromatic carbocycles. The Morgan fingerprint density at radius 1 is 1.32 bits per heavy atom. The standard InChI is InChI=1S/C18H31N5O2/c1-13(2)12-22-10-8-19-16(22)11-20-18(25)21-15(4)17(24)23-9-6-5-7-14(23)3/h8,10,13-15H,5-7,9,11-12H2,1-4H3,(H2,20,21,25)/t14-,15-/m0/s1. The zero-order valence-electron chi connectivity index (χ0n) is 15.8. The van der Waals surface area contributed by atoms with Gasteiger partial charge in [-0.05, 0) is 39.0 Å². The van der Waals surface area contributed by atoms with Gasteiger partial charge in [0.25, 0.3) is 0 Å².